The second-order valence-electron chi connectivity index (χ2n) is 6.21. The van der Waals surface area contributed by atoms with Crippen molar-refractivity contribution in [3.8, 4) is 5.75 Å². The van der Waals surface area contributed by atoms with Crippen LogP contribution >= 0.6 is 28.3 Å². The highest BCUT2D eigenvalue weighted by molar-refractivity contribution is 9.10. The molecular weight excluding hydrogens is 394 g/mol. The molecule has 1 aromatic rings. The quantitative estimate of drug-likeness (QED) is 0.653. The van der Waals surface area contributed by atoms with Crippen LogP contribution in [0.5, 0.6) is 5.75 Å². The molecule has 1 saturated heterocycles. The van der Waals surface area contributed by atoms with Crippen molar-refractivity contribution in [3.05, 3.63) is 28.7 Å². The lowest BCUT2D eigenvalue weighted by molar-refractivity contribution is -0.0698. The Morgan fingerprint density at radius 3 is 2.50 bits per heavy atom. The molecule has 2 fully saturated rings. The van der Waals surface area contributed by atoms with Crippen LogP contribution in [0.2, 0.25) is 0 Å². The highest BCUT2D eigenvalue weighted by atomic mass is 79.9. The molecule has 6 heteroatoms. The molecule has 0 amide bonds. The van der Waals surface area contributed by atoms with E-state index in [1.807, 2.05) is 24.3 Å². The third kappa shape index (κ3) is 5.88. The van der Waals surface area contributed by atoms with Crippen molar-refractivity contribution in [2.24, 2.45) is 0 Å². The highest BCUT2D eigenvalue weighted by Gasteiger charge is 2.31. The summed E-state index contributed by atoms with van der Waals surface area (Å²) in [6.07, 6.45) is 5.35. The van der Waals surface area contributed by atoms with E-state index in [4.69, 9.17) is 14.2 Å². The molecule has 1 aromatic carbocycles. The van der Waals surface area contributed by atoms with Gasteiger partial charge in [0.1, 0.15) is 12.4 Å². The molecule has 136 valence electrons. The molecule has 0 radical (unpaired) electrons. The summed E-state index contributed by atoms with van der Waals surface area (Å²) >= 11 is 3.43. The van der Waals surface area contributed by atoms with Gasteiger partial charge in [0, 0.05) is 23.6 Å². The van der Waals surface area contributed by atoms with Crippen LogP contribution in [0.1, 0.15) is 25.7 Å². The summed E-state index contributed by atoms with van der Waals surface area (Å²) in [6.45, 7) is 5.06. The van der Waals surface area contributed by atoms with Gasteiger partial charge in [0.2, 0.25) is 0 Å². The highest BCUT2D eigenvalue weighted by Crippen LogP contribution is 2.26. The zero-order chi connectivity index (χ0) is 15.9. The minimum Gasteiger partial charge on any atom is -0.491 e. The maximum atomic E-state index is 6.18. The summed E-state index contributed by atoms with van der Waals surface area (Å²) in [4.78, 5) is 2.56. The molecular formula is C18H27BrClNO3. The van der Waals surface area contributed by atoms with Crippen LogP contribution in [-0.4, -0.2) is 56.6 Å². The Kier molecular flexibility index (Phi) is 8.84. The lowest BCUT2D eigenvalue weighted by atomic mass is 9.91. The van der Waals surface area contributed by atoms with Crippen LogP contribution in [0.4, 0.5) is 0 Å². The van der Waals surface area contributed by atoms with Crippen molar-refractivity contribution in [2.75, 3.05) is 39.5 Å². The molecule has 3 rings (SSSR count). The fraction of sp³-hybridized carbons (Fsp3) is 0.667. The predicted octanol–water partition coefficient (Wildman–Crippen LogP) is 3.91. The van der Waals surface area contributed by atoms with Crippen molar-refractivity contribution >= 4 is 28.3 Å². The second kappa shape index (κ2) is 10.6. The number of hydrogen-bond acceptors (Lipinski definition) is 4. The first-order chi connectivity index (χ1) is 11.3. The lowest BCUT2D eigenvalue weighted by Gasteiger charge is -2.41. The SMILES string of the molecule is Brc1ccc(OCCOC2CCCCC2N2CCOCC2)cc1.Cl. The largest absolute Gasteiger partial charge is 0.491 e. The third-order valence-corrected chi connectivity index (χ3v) is 5.21. The van der Waals surface area contributed by atoms with Crippen LogP contribution in [0.3, 0.4) is 0 Å². The van der Waals surface area contributed by atoms with E-state index >= 15 is 0 Å². The summed E-state index contributed by atoms with van der Waals surface area (Å²) < 4.78 is 18.5. The molecule has 2 atom stereocenters. The minimum absolute atomic E-state index is 0. The average molecular weight is 421 g/mol. The summed E-state index contributed by atoms with van der Waals surface area (Å²) in [5.41, 5.74) is 0. The van der Waals surface area contributed by atoms with Gasteiger partial charge in [-0.05, 0) is 37.1 Å². The van der Waals surface area contributed by atoms with Gasteiger partial charge >= 0.3 is 0 Å². The summed E-state index contributed by atoms with van der Waals surface area (Å²) in [5, 5.41) is 0. The first-order valence-corrected chi connectivity index (χ1v) is 9.44. The fourth-order valence-corrected chi connectivity index (χ4v) is 3.75. The molecule has 0 bridgehead atoms. The van der Waals surface area contributed by atoms with Crippen molar-refractivity contribution in [1.82, 2.24) is 4.90 Å². The Bertz CT molecular complexity index is 468. The Labute approximate surface area is 159 Å². The first-order valence-electron chi connectivity index (χ1n) is 8.65. The number of morpholine rings is 1. The van der Waals surface area contributed by atoms with Gasteiger partial charge in [-0.3, -0.25) is 4.90 Å². The minimum atomic E-state index is 0. The van der Waals surface area contributed by atoms with Gasteiger partial charge in [-0.25, -0.2) is 0 Å². The third-order valence-electron chi connectivity index (χ3n) is 4.68. The van der Waals surface area contributed by atoms with Crippen molar-refractivity contribution < 1.29 is 14.2 Å². The maximum Gasteiger partial charge on any atom is 0.119 e. The van der Waals surface area contributed by atoms with Crippen LogP contribution < -0.4 is 4.74 Å². The van der Waals surface area contributed by atoms with Gasteiger partial charge in [0.05, 0.1) is 25.9 Å². The topological polar surface area (TPSA) is 30.9 Å². The smallest absolute Gasteiger partial charge is 0.119 e. The Morgan fingerprint density at radius 1 is 1.04 bits per heavy atom. The Morgan fingerprint density at radius 2 is 1.75 bits per heavy atom. The summed E-state index contributed by atoms with van der Waals surface area (Å²) in [6, 6.07) is 8.49. The van der Waals surface area contributed by atoms with E-state index in [0.717, 1.165) is 36.5 Å². The number of benzene rings is 1. The zero-order valence-electron chi connectivity index (χ0n) is 14.0. The van der Waals surface area contributed by atoms with E-state index in [2.05, 4.69) is 20.8 Å². The van der Waals surface area contributed by atoms with Gasteiger partial charge in [-0.1, -0.05) is 28.8 Å². The van der Waals surface area contributed by atoms with Crippen LogP contribution in [0, 0.1) is 0 Å². The van der Waals surface area contributed by atoms with Gasteiger partial charge < -0.3 is 14.2 Å². The maximum absolute atomic E-state index is 6.18. The summed E-state index contributed by atoms with van der Waals surface area (Å²) in [7, 11) is 0. The molecule has 24 heavy (non-hydrogen) atoms. The summed E-state index contributed by atoms with van der Waals surface area (Å²) in [5.74, 6) is 0.894. The van der Waals surface area contributed by atoms with E-state index in [0.29, 0.717) is 25.4 Å². The number of rotatable bonds is 6. The fourth-order valence-electron chi connectivity index (χ4n) is 3.49. The first kappa shape index (κ1) is 20.0. The number of ether oxygens (including phenoxy) is 3. The van der Waals surface area contributed by atoms with Crippen LogP contribution in [0.25, 0.3) is 0 Å². The van der Waals surface area contributed by atoms with E-state index in [9.17, 15) is 0 Å². The molecule has 1 aliphatic heterocycles. The average Bonchev–Trinajstić information content (AvgIpc) is 2.61. The molecule has 4 nitrogen and oxygen atoms in total. The Hall–Kier alpha value is -0.330. The molecule has 0 spiro atoms. The van der Waals surface area contributed by atoms with Crippen molar-refractivity contribution in [1.29, 1.82) is 0 Å². The van der Waals surface area contributed by atoms with E-state index in [-0.39, 0.29) is 12.4 Å². The van der Waals surface area contributed by atoms with Gasteiger partial charge in [-0.2, -0.15) is 0 Å². The van der Waals surface area contributed by atoms with Gasteiger partial charge in [0.25, 0.3) is 0 Å². The Balaban J connectivity index is 0.00000208. The van der Waals surface area contributed by atoms with Crippen LogP contribution in [0.15, 0.2) is 28.7 Å². The van der Waals surface area contributed by atoms with E-state index in [1.165, 1.54) is 25.7 Å². The number of halogens is 2. The van der Waals surface area contributed by atoms with Crippen LogP contribution in [-0.2, 0) is 9.47 Å². The van der Waals surface area contributed by atoms with Gasteiger partial charge in [0.15, 0.2) is 0 Å². The molecule has 0 N–H and O–H groups in total. The number of hydrogen-bond donors (Lipinski definition) is 0. The molecule has 0 aromatic heterocycles. The predicted molar refractivity (Wildman–Crippen MR) is 101 cm³/mol. The number of nitrogens with zero attached hydrogens (tertiary/aromatic N) is 1. The zero-order valence-corrected chi connectivity index (χ0v) is 16.4. The molecule has 2 unspecified atom stereocenters. The molecule has 1 saturated carbocycles. The van der Waals surface area contributed by atoms with E-state index in [1.54, 1.807) is 0 Å². The van der Waals surface area contributed by atoms with E-state index < -0.39 is 0 Å². The van der Waals surface area contributed by atoms with Crippen molar-refractivity contribution in [2.45, 2.75) is 37.8 Å². The molecule has 1 aliphatic carbocycles. The second-order valence-corrected chi connectivity index (χ2v) is 7.13. The van der Waals surface area contributed by atoms with Gasteiger partial charge in [-0.15, -0.1) is 12.4 Å². The normalized spacial score (nSPS) is 25.0. The lowest BCUT2D eigenvalue weighted by Crippen LogP contribution is -2.51. The standard InChI is InChI=1S/C18H26BrNO3.ClH/c19-15-5-7-16(8-6-15)22-13-14-23-18-4-2-1-3-17(18)20-9-11-21-12-10-20;/h5-8,17-18H,1-4,9-14H2;1H. The molecule has 1 heterocycles. The van der Waals surface area contributed by atoms with Crippen molar-refractivity contribution in [3.63, 3.8) is 0 Å². The monoisotopic (exact) mass is 419 g/mol. The molecule has 2 aliphatic rings.